The van der Waals surface area contributed by atoms with Crippen LogP contribution in [0.1, 0.15) is 44.1 Å². The van der Waals surface area contributed by atoms with Crippen LogP contribution in [-0.2, 0) is 11.3 Å². The summed E-state index contributed by atoms with van der Waals surface area (Å²) in [5.41, 5.74) is 1.32. The van der Waals surface area contributed by atoms with Crippen LogP contribution in [0, 0.1) is 5.92 Å². The lowest BCUT2D eigenvalue weighted by atomic mass is 9.96. The Morgan fingerprint density at radius 3 is 2.52 bits per heavy atom. The van der Waals surface area contributed by atoms with Crippen LogP contribution in [0.15, 0.2) is 28.7 Å². The van der Waals surface area contributed by atoms with Gasteiger partial charge in [-0.15, -0.1) is 0 Å². The third-order valence-corrected chi connectivity index (χ3v) is 5.90. The molecule has 1 atom stereocenters. The van der Waals surface area contributed by atoms with Crippen LogP contribution >= 0.6 is 15.9 Å². The molecule has 126 valence electrons. The third-order valence-electron chi connectivity index (χ3n) is 5.12. The summed E-state index contributed by atoms with van der Waals surface area (Å²) >= 11 is 3.64. The molecule has 23 heavy (non-hydrogen) atoms. The first-order chi connectivity index (χ1) is 11.2. The minimum atomic E-state index is 0.198. The molecule has 0 bridgehead atoms. The lowest BCUT2D eigenvalue weighted by Gasteiger charge is -2.35. The topological polar surface area (TPSA) is 23.6 Å². The third kappa shape index (κ3) is 4.57. The van der Waals surface area contributed by atoms with E-state index in [1.54, 1.807) is 0 Å². The van der Waals surface area contributed by atoms with Crippen molar-refractivity contribution in [1.29, 1.82) is 0 Å². The molecule has 2 fully saturated rings. The van der Waals surface area contributed by atoms with Crippen LogP contribution in [-0.4, -0.2) is 41.9 Å². The normalized spacial score (nSPS) is 23.5. The fraction of sp³-hybridized carbons (Fsp3) is 0.632. The highest BCUT2D eigenvalue weighted by Gasteiger charge is 2.29. The molecule has 2 aliphatic heterocycles. The number of nitrogens with zero attached hydrogens (tertiary/aromatic N) is 2. The molecule has 0 spiro atoms. The highest BCUT2D eigenvalue weighted by Crippen LogP contribution is 2.24. The van der Waals surface area contributed by atoms with Gasteiger partial charge < -0.3 is 4.90 Å². The molecule has 2 heterocycles. The fourth-order valence-electron chi connectivity index (χ4n) is 3.82. The molecular weight excluding hydrogens is 352 g/mol. The van der Waals surface area contributed by atoms with Gasteiger partial charge in [-0.3, -0.25) is 9.69 Å². The van der Waals surface area contributed by atoms with E-state index in [2.05, 4.69) is 50.0 Å². The van der Waals surface area contributed by atoms with Gasteiger partial charge >= 0.3 is 0 Å². The van der Waals surface area contributed by atoms with E-state index < -0.39 is 0 Å². The molecule has 0 radical (unpaired) electrons. The Kier molecular flexibility index (Phi) is 6.12. The van der Waals surface area contributed by atoms with Crippen LogP contribution in [0.3, 0.4) is 0 Å². The molecule has 0 N–H and O–H groups in total. The highest BCUT2D eigenvalue weighted by molar-refractivity contribution is 9.10. The predicted octanol–water partition coefficient (Wildman–Crippen LogP) is 4.06. The highest BCUT2D eigenvalue weighted by atomic mass is 79.9. The zero-order chi connectivity index (χ0) is 16.1. The van der Waals surface area contributed by atoms with Gasteiger partial charge in [0.25, 0.3) is 0 Å². The lowest BCUT2D eigenvalue weighted by Crippen LogP contribution is -2.44. The van der Waals surface area contributed by atoms with Crippen molar-refractivity contribution in [1.82, 2.24) is 9.80 Å². The Hall–Kier alpha value is -0.870. The van der Waals surface area contributed by atoms with Gasteiger partial charge in [-0.05, 0) is 43.9 Å². The van der Waals surface area contributed by atoms with Crippen LogP contribution in [0.2, 0.25) is 0 Å². The quantitative estimate of drug-likeness (QED) is 0.791. The number of carbonyl (C=O) groups is 1. The molecule has 0 saturated carbocycles. The van der Waals surface area contributed by atoms with E-state index in [9.17, 15) is 4.79 Å². The lowest BCUT2D eigenvalue weighted by molar-refractivity contribution is -0.137. The second-order valence-corrected chi connectivity index (χ2v) is 7.76. The first-order valence-electron chi connectivity index (χ1n) is 8.98. The van der Waals surface area contributed by atoms with E-state index in [-0.39, 0.29) is 5.92 Å². The molecule has 1 aromatic rings. The van der Waals surface area contributed by atoms with E-state index in [1.807, 2.05) is 0 Å². The molecule has 4 heteroatoms. The van der Waals surface area contributed by atoms with E-state index in [0.29, 0.717) is 5.91 Å². The number of hydrogen-bond acceptors (Lipinski definition) is 2. The van der Waals surface area contributed by atoms with E-state index in [1.165, 1.54) is 35.7 Å². The number of piperidine rings is 1. The minimum Gasteiger partial charge on any atom is -0.342 e. The summed E-state index contributed by atoms with van der Waals surface area (Å²) in [6.07, 6.45) is 7.11. The number of benzene rings is 1. The number of carbonyl (C=O) groups excluding carboxylic acids is 1. The van der Waals surface area contributed by atoms with Crippen molar-refractivity contribution in [3.63, 3.8) is 0 Å². The molecule has 1 aromatic carbocycles. The number of halogens is 1. The largest absolute Gasteiger partial charge is 0.342 e. The van der Waals surface area contributed by atoms with Crippen LogP contribution in [0.25, 0.3) is 0 Å². The standard InChI is InChI=1S/C19H27BrN2O/c20-18-10-4-3-8-16(18)14-21-11-7-9-17(15-21)19(23)22-12-5-1-2-6-13-22/h3-4,8,10,17H,1-2,5-7,9,11-15H2. The summed E-state index contributed by atoms with van der Waals surface area (Å²) < 4.78 is 1.17. The summed E-state index contributed by atoms with van der Waals surface area (Å²) in [5.74, 6) is 0.605. The van der Waals surface area contributed by atoms with Crippen molar-refractivity contribution < 1.29 is 4.79 Å². The number of rotatable bonds is 3. The van der Waals surface area contributed by atoms with Gasteiger partial charge in [0.1, 0.15) is 0 Å². The summed E-state index contributed by atoms with van der Waals surface area (Å²) in [6, 6.07) is 8.41. The van der Waals surface area contributed by atoms with Crippen molar-refractivity contribution in [2.75, 3.05) is 26.2 Å². The van der Waals surface area contributed by atoms with Gasteiger partial charge in [0.2, 0.25) is 5.91 Å². The molecule has 2 aliphatic rings. The van der Waals surface area contributed by atoms with Gasteiger partial charge in [0, 0.05) is 30.7 Å². The Balaban J connectivity index is 1.59. The van der Waals surface area contributed by atoms with Gasteiger partial charge in [0.05, 0.1) is 5.92 Å². The maximum Gasteiger partial charge on any atom is 0.226 e. The average molecular weight is 379 g/mol. The minimum absolute atomic E-state index is 0.198. The molecule has 3 nitrogen and oxygen atoms in total. The maximum atomic E-state index is 12.9. The zero-order valence-corrected chi connectivity index (χ0v) is 15.4. The van der Waals surface area contributed by atoms with Crippen molar-refractivity contribution >= 4 is 21.8 Å². The molecule has 1 amide bonds. The summed E-state index contributed by atoms with van der Waals surface area (Å²) in [4.78, 5) is 17.4. The summed E-state index contributed by atoms with van der Waals surface area (Å²) in [6.45, 7) is 4.89. The molecule has 3 rings (SSSR count). The van der Waals surface area contributed by atoms with Crippen LogP contribution < -0.4 is 0 Å². The Bertz CT molecular complexity index is 526. The second kappa shape index (κ2) is 8.29. The molecule has 2 saturated heterocycles. The summed E-state index contributed by atoms with van der Waals surface area (Å²) in [7, 11) is 0. The monoisotopic (exact) mass is 378 g/mol. The first kappa shape index (κ1) is 17.0. The van der Waals surface area contributed by atoms with E-state index >= 15 is 0 Å². The van der Waals surface area contributed by atoms with Crippen molar-refractivity contribution in [2.45, 2.75) is 45.1 Å². The van der Waals surface area contributed by atoms with Gasteiger partial charge in [-0.25, -0.2) is 0 Å². The average Bonchev–Trinajstić information content (AvgIpc) is 2.86. The maximum absolute atomic E-state index is 12.9. The fourth-order valence-corrected chi connectivity index (χ4v) is 4.23. The first-order valence-corrected chi connectivity index (χ1v) is 9.78. The van der Waals surface area contributed by atoms with Gasteiger partial charge in [0.15, 0.2) is 0 Å². The Labute approximate surface area is 148 Å². The van der Waals surface area contributed by atoms with Gasteiger partial charge in [-0.2, -0.15) is 0 Å². The van der Waals surface area contributed by atoms with Crippen LogP contribution in [0.4, 0.5) is 0 Å². The van der Waals surface area contributed by atoms with Crippen molar-refractivity contribution in [3.8, 4) is 0 Å². The number of likely N-dealkylation sites (tertiary alicyclic amines) is 2. The second-order valence-electron chi connectivity index (χ2n) is 6.91. The molecular formula is C19H27BrN2O. The summed E-state index contributed by atoms with van der Waals surface area (Å²) in [5, 5.41) is 0. The SMILES string of the molecule is O=C(C1CCCN(Cc2ccccc2Br)C1)N1CCCCCC1. The Morgan fingerprint density at radius 1 is 1.04 bits per heavy atom. The Morgan fingerprint density at radius 2 is 1.78 bits per heavy atom. The number of hydrogen-bond donors (Lipinski definition) is 0. The van der Waals surface area contributed by atoms with Gasteiger partial charge in [-0.1, -0.05) is 47.0 Å². The molecule has 1 unspecified atom stereocenters. The molecule has 0 aliphatic carbocycles. The van der Waals surface area contributed by atoms with Crippen LogP contribution in [0.5, 0.6) is 0 Å². The number of amides is 1. The predicted molar refractivity (Wildman–Crippen MR) is 97.2 cm³/mol. The molecule has 0 aromatic heterocycles. The zero-order valence-electron chi connectivity index (χ0n) is 13.8. The van der Waals surface area contributed by atoms with E-state index in [4.69, 9.17) is 0 Å². The van der Waals surface area contributed by atoms with E-state index in [0.717, 1.165) is 45.6 Å². The van der Waals surface area contributed by atoms with Crippen molar-refractivity contribution in [2.24, 2.45) is 5.92 Å². The van der Waals surface area contributed by atoms with Crippen molar-refractivity contribution in [3.05, 3.63) is 34.3 Å². The smallest absolute Gasteiger partial charge is 0.226 e.